The highest BCUT2D eigenvalue weighted by Crippen LogP contribution is 2.52. The van der Waals surface area contributed by atoms with Gasteiger partial charge in [-0.25, -0.2) is 0 Å². The van der Waals surface area contributed by atoms with Gasteiger partial charge in [0.25, 0.3) is 0 Å². The van der Waals surface area contributed by atoms with E-state index in [1.807, 2.05) is 48.5 Å². The molecule has 0 heterocycles. The maximum atomic E-state index is 6.44. The zero-order chi connectivity index (χ0) is 33.8. The molecular formula is C44H56N2O2. The van der Waals surface area contributed by atoms with Crippen molar-refractivity contribution in [2.75, 3.05) is 11.5 Å². The summed E-state index contributed by atoms with van der Waals surface area (Å²) in [6, 6.07) is 25.0. The number of nitrogens with two attached hydrogens (primary N) is 2. The van der Waals surface area contributed by atoms with E-state index >= 15 is 0 Å². The van der Waals surface area contributed by atoms with Crippen LogP contribution in [0, 0.1) is 45.4 Å². The zero-order valence-electron chi connectivity index (χ0n) is 29.9. The third-order valence-electron chi connectivity index (χ3n) is 11.6. The van der Waals surface area contributed by atoms with Crippen molar-refractivity contribution in [2.24, 2.45) is 17.8 Å². The van der Waals surface area contributed by atoms with Gasteiger partial charge in [0.05, 0.1) is 0 Å². The first-order valence-corrected chi connectivity index (χ1v) is 18.5. The summed E-state index contributed by atoms with van der Waals surface area (Å²) in [5.74, 6) is 6.06. The van der Waals surface area contributed by atoms with Gasteiger partial charge in [0.15, 0.2) is 0 Å². The standard InChI is InChI=1S/C44H56N2O2/c1-6-7-10-33-15-17-34(18-16-33)35-19-21-44(22-20-35,36-23-29(2)42(30(3)24-36)47-40-13-8-11-38(45)27-40)37-25-31(4)43(32(5)26-37)48-41-14-9-12-39(46)28-41/h8-9,11-14,23-28,33-35H,6-7,10,15-22,45-46H2,1-5H3/t33-,34-. The number of hydrogen-bond donors (Lipinski definition) is 2. The zero-order valence-corrected chi connectivity index (χ0v) is 29.9. The lowest BCUT2D eigenvalue weighted by Crippen LogP contribution is -2.36. The van der Waals surface area contributed by atoms with Gasteiger partial charge in [-0.1, -0.05) is 75.4 Å². The van der Waals surface area contributed by atoms with Crippen LogP contribution in [0.2, 0.25) is 0 Å². The van der Waals surface area contributed by atoms with E-state index in [2.05, 4.69) is 58.9 Å². The van der Waals surface area contributed by atoms with Crippen molar-refractivity contribution in [3.63, 3.8) is 0 Å². The molecule has 0 aromatic heterocycles. The van der Waals surface area contributed by atoms with Gasteiger partial charge in [0, 0.05) is 28.9 Å². The van der Waals surface area contributed by atoms with Gasteiger partial charge in [-0.15, -0.1) is 0 Å². The second-order valence-corrected chi connectivity index (χ2v) is 15.1. The SMILES string of the molecule is CCCC[C@H]1CC[C@H](C2CCC(c3cc(C)c(Oc4cccc(N)c4)c(C)c3)(c3cc(C)c(Oc4cccc(N)c4)c(C)c3)CC2)CC1. The normalized spacial score (nSPS) is 19.6. The summed E-state index contributed by atoms with van der Waals surface area (Å²) in [7, 11) is 0. The Hall–Kier alpha value is -3.92. The van der Waals surface area contributed by atoms with Crippen molar-refractivity contribution in [2.45, 2.75) is 111 Å². The summed E-state index contributed by atoms with van der Waals surface area (Å²) in [5, 5.41) is 0. The largest absolute Gasteiger partial charge is 0.457 e. The lowest BCUT2D eigenvalue weighted by atomic mass is 9.59. The molecule has 4 N–H and O–H groups in total. The Labute approximate surface area is 289 Å². The van der Waals surface area contributed by atoms with E-state index in [1.165, 1.54) is 68.9 Å². The minimum atomic E-state index is -0.0642. The van der Waals surface area contributed by atoms with Crippen LogP contribution in [0.15, 0.2) is 72.8 Å². The summed E-state index contributed by atoms with van der Waals surface area (Å²) in [6.07, 6.45) is 14.8. The third-order valence-corrected chi connectivity index (χ3v) is 11.6. The third kappa shape index (κ3) is 7.38. The molecule has 0 spiro atoms. The van der Waals surface area contributed by atoms with Crippen LogP contribution in [0.5, 0.6) is 23.0 Å². The molecule has 4 heteroatoms. The van der Waals surface area contributed by atoms with Gasteiger partial charge in [-0.05, 0) is 142 Å². The quantitative estimate of drug-likeness (QED) is 0.169. The van der Waals surface area contributed by atoms with E-state index in [1.54, 1.807) is 0 Å². The lowest BCUT2D eigenvalue weighted by molar-refractivity contribution is 0.140. The molecule has 0 saturated heterocycles. The molecule has 0 bridgehead atoms. The van der Waals surface area contributed by atoms with Gasteiger partial charge < -0.3 is 20.9 Å². The molecule has 2 aliphatic rings. The summed E-state index contributed by atoms with van der Waals surface area (Å²) in [6.45, 7) is 11.1. The van der Waals surface area contributed by atoms with Crippen LogP contribution < -0.4 is 20.9 Å². The Morgan fingerprint density at radius 1 is 0.604 bits per heavy atom. The summed E-state index contributed by atoms with van der Waals surface area (Å²) in [5.41, 5.74) is 21.0. The average molecular weight is 645 g/mol. The predicted octanol–water partition coefficient (Wildman–Crippen LogP) is 12.1. The fourth-order valence-corrected chi connectivity index (χ4v) is 8.96. The number of nitrogen functional groups attached to an aromatic ring is 2. The van der Waals surface area contributed by atoms with E-state index in [4.69, 9.17) is 20.9 Å². The van der Waals surface area contributed by atoms with Crippen molar-refractivity contribution < 1.29 is 9.47 Å². The molecule has 0 unspecified atom stereocenters. The molecule has 4 nitrogen and oxygen atoms in total. The number of hydrogen-bond acceptors (Lipinski definition) is 4. The van der Waals surface area contributed by atoms with Crippen LogP contribution in [0.4, 0.5) is 11.4 Å². The van der Waals surface area contributed by atoms with Gasteiger partial charge in [-0.3, -0.25) is 0 Å². The molecule has 0 atom stereocenters. The maximum absolute atomic E-state index is 6.44. The highest BCUT2D eigenvalue weighted by molar-refractivity contribution is 5.55. The highest BCUT2D eigenvalue weighted by Gasteiger charge is 2.42. The average Bonchev–Trinajstić information content (AvgIpc) is 3.07. The van der Waals surface area contributed by atoms with Crippen molar-refractivity contribution in [3.8, 4) is 23.0 Å². The minimum absolute atomic E-state index is 0.0642. The fraction of sp³-hybridized carbons (Fsp3) is 0.455. The summed E-state index contributed by atoms with van der Waals surface area (Å²) >= 11 is 0. The highest BCUT2D eigenvalue weighted by atomic mass is 16.5. The van der Waals surface area contributed by atoms with E-state index in [-0.39, 0.29) is 5.41 Å². The van der Waals surface area contributed by atoms with Gasteiger partial charge in [-0.2, -0.15) is 0 Å². The first-order chi connectivity index (χ1) is 23.1. The Morgan fingerprint density at radius 2 is 1.04 bits per heavy atom. The molecule has 2 aliphatic carbocycles. The number of rotatable bonds is 10. The Bertz CT molecular complexity index is 1560. The van der Waals surface area contributed by atoms with Gasteiger partial charge in [0.1, 0.15) is 23.0 Å². The van der Waals surface area contributed by atoms with Crippen molar-refractivity contribution in [3.05, 3.63) is 106 Å². The number of aryl methyl sites for hydroxylation is 4. The van der Waals surface area contributed by atoms with Crippen LogP contribution in [0.1, 0.15) is 111 Å². The topological polar surface area (TPSA) is 70.5 Å². The molecule has 4 aromatic rings. The minimum Gasteiger partial charge on any atom is -0.457 e. The predicted molar refractivity (Wildman–Crippen MR) is 201 cm³/mol. The molecule has 48 heavy (non-hydrogen) atoms. The van der Waals surface area contributed by atoms with Crippen molar-refractivity contribution in [1.82, 2.24) is 0 Å². The Morgan fingerprint density at radius 3 is 1.46 bits per heavy atom. The first-order valence-electron chi connectivity index (χ1n) is 18.5. The second kappa shape index (κ2) is 14.7. The van der Waals surface area contributed by atoms with Gasteiger partial charge in [0.2, 0.25) is 0 Å². The monoisotopic (exact) mass is 644 g/mol. The molecule has 2 saturated carbocycles. The van der Waals surface area contributed by atoms with Crippen LogP contribution >= 0.6 is 0 Å². The van der Waals surface area contributed by atoms with E-state index < -0.39 is 0 Å². The first kappa shape index (κ1) is 34.0. The summed E-state index contributed by atoms with van der Waals surface area (Å²) in [4.78, 5) is 0. The fourth-order valence-electron chi connectivity index (χ4n) is 8.96. The smallest absolute Gasteiger partial charge is 0.133 e. The van der Waals surface area contributed by atoms with Crippen LogP contribution in [-0.4, -0.2) is 0 Å². The van der Waals surface area contributed by atoms with E-state index in [0.717, 1.165) is 75.8 Å². The molecule has 0 aliphatic heterocycles. The summed E-state index contributed by atoms with van der Waals surface area (Å²) < 4.78 is 12.9. The molecular weight excluding hydrogens is 588 g/mol. The number of ether oxygens (including phenoxy) is 2. The van der Waals surface area contributed by atoms with E-state index in [9.17, 15) is 0 Å². The number of anilines is 2. The Balaban J connectivity index is 1.32. The number of benzene rings is 4. The van der Waals surface area contributed by atoms with E-state index in [0.29, 0.717) is 11.4 Å². The molecule has 0 amide bonds. The lowest BCUT2D eigenvalue weighted by Gasteiger charge is -2.45. The molecule has 4 aromatic carbocycles. The maximum Gasteiger partial charge on any atom is 0.133 e. The van der Waals surface area contributed by atoms with Gasteiger partial charge >= 0.3 is 0 Å². The van der Waals surface area contributed by atoms with Crippen LogP contribution in [0.3, 0.4) is 0 Å². The van der Waals surface area contributed by atoms with Crippen LogP contribution in [0.25, 0.3) is 0 Å². The van der Waals surface area contributed by atoms with Crippen molar-refractivity contribution >= 4 is 11.4 Å². The second-order valence-electron chi connectivity index (χ2n) is 15.1. The number of unbranched alkanes of at least 4 members (excludes halogenated alkanes) is 1. The molecule has 254 valence electrons. The van der Waals surface area contributed by atoms with Crippen molar-refractivity contribution in [1.29, 1.82) is 0 Å². The van der Waals surface area contributed by atoms with Crippen LogP contribution in [-0.2, 0) is 5.41 Å². The molecule has 6 rings (SSSR count). The molecule has 0 radical (unpaired) electrons. The molecule has 2 fully saturated rings. The Kier molecular flexibility index (Phi) is 10.4.